The summed E-state index contributed by atoms with van der Waals surface area (Å²) in [5.41, 5.74) is 2.78. The summed E-state index contributed by atoms with van der Waals surface area (Å²) in [6.45, 7) is 3.14. The summed E-state index contributed by atoms with van der Waals surface area (Å²) in [5, 5.41) is 17.4. The molecular formula is C20H22N6O. The average molecular weight is 362 g/mol. The van der Waals surface area contributed by atoms with E-state index in [9.17, 15) is 4.79 Å². The first-order valence-corrected chi connectivity index (χ1v) is 8.86. The van der Waals surface area contributed by atoms with Crippen LogP contribution in [0.4, 0.5) is 17.3 Å². The molecule has 0 aliphatic heterocycles. The van der Waals surface area contributed by atoms with Gasteiger partial charge in [-0.25, -0.2) is 0 Å². The Morgan fingerprint density at radius 3 is 2.26 bits per heavy atom. The molecule has 1 aromatic carbocycles. The van der Waals surface area contributed by atoms with E-state index < -0.39 is 0 Å². The number of carbonyl (C=O) groups excluding carboxylic acids is 1. The number of aryl methyl sites for hydroxylation is 1. The van der Waals surface area contributed by atoms with Crippen molar-refractivity contribution in [2.45, 2.75) is 13.3 Å². The van der Waals surface area contributed by atoms with Crippen molar-refractivity contribution in [2.75, 3.05) is 23.7 Å². The fourth-order valence-electron chi connectivity index (χ4n) is 2.44. The molecule has 0 fully saturated rings. The third kappa shape index (κ3) is 5.50. The number of nitrogens with one attached hydrogen (secondary N) is 3. The number of aromatic nitrogens is 3. The maximum absolute atomic E-state index is 12.1. The Morgan fingerprint density at radius 1 is 0.889 bits per heavy atom. The maximum Gasteiger partial charge on any atom is 0.251 e. The number of hydrogen-bond donors (Lipinski definition) is 3. The van der Waals surface area contributed by atoms with Gasteiger partial charge < -0.3 is 16.0 Å². The molecule has 0 unspecified atom stereocenters. The van der Waals surface area contributed by atoms with Crippen molar-refractivity contribution in [3.05, 3.63) is 72.1 Å². The summed E-state index contributed by atoms with van der Waals surface area (Å²) >= 11 is 0. The molecule has 3 rings (SSSR count). The molecule has 3 aromatic rings. The minimum Gasteiger partial charge on any atom is -0.367 e. The first-order chi connectivity index (χ1) is 13.2. The molecule has 0 saturated heterocycles. The van der Waals surface area contributed by atoms with Gasteiger partial charge in [0.15, 0.2) is 5.82 Å². The van der Waals surface area contributed by atoms with E-state index in [2.05, 4.69) is 38.1 Å². The highest BCUT2D eigenvalue weighted by Crippen LogP contribution is 2.13. The third-order valence-corrected chi connectivity index (χ3v) is 3.96. The highest BCUT2D eigenvalue weighted by atomic mass is 16.1. The Bertz CT molecular complexity index is 850. The Morgan fingerprint density at radius 2 is 1.59 bits per heavy atom. The smallest absolute Gasteiger partial charge is 0.251 e. The van der Waals surface area contributed by atoms with Gasteiger partial charge in [0, 0.05) is 36.7 Å². The zero-order chi connectivity index (χ0) is 18.9. The molecule has 0 atom stereocenters. The van der Waals surface area contributed by atoms with Crippen molar-refractivity contribution >= 4 is 23.2 Å². The van der Waals surface area contributed by atoms with E-state index in [4.69, 9.17) is 0 Å². The Labute approximate surface area is 158 Å². The Kier molecular flexibility index (Phi) is 6.30. The number of amides is 1. The zero-order valence-corrected chi connectivity index (χ0v) is 15.1. The number of rotatable bonds is 8. The van der Waals surface area contributed by atoms with E-state index >= 15 is 0 Å². The quantitative estimate of drug-likeness (QED) is 0.534. The molecule has 27 heavy (non-hydrogen) atoms. The molecule has 0 bridgehead atoms. The Hall–Kier alpha value is -3.48. The highest BCUT2D eigenvalue weighted by Gasteiger charge is 2.04. The number of nitrogens with zero attached hydrogens (tertiary/aromatic N) is 3. The summed E-state index contributed by atoms with van der Waals surface area (Å²) in [6.07, 6.45) is 4.38. The second kappa shape index (κ2) is 9.28. The van der Waals surface area contributed by atoms with E-state index in [0.717, 1.165) is 12.1 Å². The normalized spacial score (nSPS) is 10.3. The summed E-state index contributed by atoms with van der Waals surface area (Å²) in [4.78, 5) is 16.1. The van der Waals surface area contributed by atoms with Crippen LogP contribution in [0.2, 0.25) is 0 Å². The minimum absolute atomic E-state index is 0.0811. The Balaban J connectivity index is 1.41. The molecule has 7 heteroatoms. The van der Waals surface area contributed by atoms with Crippen LogP contribution in [-0.2, 0) is 6.42 Å². The first-order valence-electron chi connectivity index (χ1n) is 8.86. The van der Waals surface area contributed by atoms with Crippen molar-refractivity contribution in [3.63, 3.8) is 0 Å². The molecular weight excluding hydrogens is 340 g/mol. The van der Waals surface area contributed by atoms with Crippen molar-refractivity contribution in [1.82, 2.24) is 20.5 Å². The van der Waals surface area contributed by atoms with Gasteiger partial charge in [0.2, 0.25) is 0 Å². The van der Waals surface area contributed by atoms with Crippen molar-refractivity contribution < 1.29 is 4.79 Å². The van der Waals surface area contributed by atoms with E-state index in [-0.39, 0.29) is 5.91 Å². The van der Waals surface area contributed by atoms with Gasteiger partial charge >= 0.3 is 0 Å². The van der Waals surface area contributed by atoms with Crippen LogP contribution in [0.25, 0.3) is 0 Å². The van der Waals surface area contributed by atoms with Crippen LogP contribution < -0.4 is 16.0 Å². The molecule has 138 valence electrons. The van der Waals surface area contributed by atoms with E-state index in [1.165, 1.54) is 5.56 Å². The lowest BCUT2D eigenvalue weighted by Crippen LogP contribution is -2.28. The molecule has 2 heterocycles. The van der Waals surface area contributed by atoms with Crippen LogP contribution in [0.5, 0.6) is 0 Å². The van der Waals surface area contributed by atoms with Gasteiger partial charge in [-0.15, -0.1) is 10.2 Å². The summed E-state index contributed by atoms with van der Waals surface area (Å²) < 4.78 is 0. The van der Waals surface area contributed by atoms with Crippen LogP contribution in [0, 0.1) is 0 Å². The molecule has 3 N–H and O–H groups in total. The summed E-state index contributed by atoms with van der Waals surface area (Å²) in [5.74, 6) is 1.22. The molecule has 0 aliphatic rings. The van der Waals surface area contributed by atoms with Crippen LogP contribution >= 0.6 is 0 Å². The van der Waals surface area contributed by atoms with Gasteiger partial charge in [-0.05, 0) is 48.4 Å². The maximum atomic E-state index is 12.1. The highest BCUT2D eigenvalue weighted by molar-refractivity contribution is 5.94. The SMILES string of the molecule is CCc1ccc(C(=O)NCCNc2ccc(Nc3ccncc3)nn2)cc1. The van der Waals surface area contributed by atoms with Crippen molar-refractivity contribution in [2.24, 2.45) is 0 Å². The number of carbonyl (C=O) groups is 1. The summed E-state index contributed by atoms with van der Waals surface area (Å²) in [6, 6.07) is 15.0. The predicted octanol–water partition coefficient (Wildman–Crippen LogP) is 3.02. The number of pyridine rings is 1. The fourth-order valence-corrected chi connectivity index (χ4v) is 2.44. The second-order valence-corrected chi connectivity index (χ2v) is 5.90. The van der Waals surface area contributed by atoms with Crippen LogP contribution in [0.15, 0.2) is 60.9 Å². The van der Waals surface area contributed by atoms with Crippen LogP contribution in [-0.4, -0.2) is 34.2 Å². The van der Waals surface area contributed by atoms with Gasteiger partial charge in [0.1, 0.15) is 5.82 Å². The van der Waals surface area contributed by atoms with Crippen molar-refractivity contribution in [1.29, 1.82) is 0 Å². The monoisotopic (exact) mass is 362 g/mol. The standard InChI is InChI=1S/C20H22N6O/c1-2-15-3-5-16(6-4-15)20(27)23-14-13-22-18-7-8-19(26-25-18)24-17-9-11-21-12-10-17/h3-12H,2,13-14H2,1H3,(H,22,25)(H,23,27)(H,21,24,26). The average Bonchev–Trinajstić information content (AvgIpc) is 2.73. The lowest BCUT2D eigenvalue weighted by Gasteiger charge is -2.08. The van der Waals surface area contributed by atoms with Gasteiger partial charge in [-0.3, -0.25) is 9.78 Å². The van der Waals surface area contributed by atoms with E-state index in [1.54, 1.807) is 12.4 Å². The lowest BCUT2D eigenvalue weighted by molar-refractivity contribution is 0.0955. The molecule has 7 nitrogen and oxygen atoms in total. The number of benzene rings is 1. The van der Waals surface area contributed by atoms with Gasteiger partial charge in [-0.2, -0.15) is 0 Å². The predicted molar refractivity (Wildman–Crippen MR) is 106 cm³/mol. The fraction of sp³-hybridized carbons (Fsp3) is 0.200. The summed E-state index contributed by atoms with van der Waals surface area (Å²) in [7, 11) is 0. The molecule has 0 spiro atoms. The second-order valence-electron chi connectivity index (χ2n) is 5.90. The van der Waals surface area contributed by atoms with Gasteiger partial charge in [0.05, 0.1) is 0 Å². The first kappa shape index (κ1) is 18.3. The topological polar surface area (TPSA) is 91.8 Å². The van der Waals surface area contributed by atoms with E-state index in [0.29, 0.717) is 30.3 Å². The largest absolute Gasteiger partial charge is 0.367 e. The van der Waals surface area contributed by atoms with Crippen LogP contribution in [0.3, 0.4) is 0 Å². The minimum atomic E-state index is -0.0811. The molecule has 1 amide bonds. The molecule has 0 aliphatic carbocycles. The zero-order valence-electron chi connectivity index (χ0n) is 15.1. The number of hydrogen-bond acceptors (Lipinski definition) is 6. The van der Waals surface area contributed by atoms with Crippen molar-refractivity contribution in [3.8, 4) is 0 Å². The lowest BCUT2D eigenvalue weighted by atomic mass is 10.1. The number of anilines is 3. The van der Waals surface area contributed by atoms with E-state index in [1.807, 2.05) is 48.5 Å². The molecule has 0 saturated carbocycles. The van der Waals surface area contributed by atoms with Crippen LogP contribution in [0.1, 0.15) is 22.8 Å². The van der Waals surface area contributed by atoms with Gasteiger partial charge in [-0.1, -0.05) is 19.1 Å². The van der Waals surface area contributed by atoms with Gasteiger partial charge in [0.25, 0.3) is 5.91 Å². The molecule has 0 radical (unpaired) electrons. The third-order valence-electron chi connectivity index (χ3n) is 3.96. The molecule has 2 aromatic heterocycles.